The van der Waals surface area contributed by atoms with Crippen molar-refractivity contribution >= 4 is 16.0 Å². The van der Waals surface area contributed by atoms with Crippen LogP contribution < -0.4 is 9.46 Å². The quantitative estimate of drug-likeness (QED) is 0.799. The molecule has 0 aliphatic rings. The minimum Gasteiger partial charge on any atom is -0.495 e. The van der Waals surface area contributed by atoms with Crippen molar-refractivity contribution in [2.24, 2.45) is 5.92 Å². The van der Waals surface area contributed by atoms with Crippen LogP contribution >= 0.6 is 0 Å². The Balaban J connectivity index is 3.27. The van der Waals surface area contributed by atoms with Crippen molar-refractivity contribution < 1.29 is 23.1 Å². The number of aryl methyl sites for hydroxylation is 2. The normalized spacial score (nSPS) is 13.2. The monoisotopic (exact) mass is 329 g/mol. The number of hydrogen-bond donors (Lipinski definition) is 2. The second kappa shape index (κ2) is 7.11. The van der Waals surface area contributed by atoms with Crippen LogP contribution in [0.5, 0.6) is 5.75 Å². The second-order valence-electron chi connectivity index (χ2n) is 5.75. The average molecular weight is 329 g/mol. The molecule has 1 atom stereocenters. The molecule has 0 radical (unpaired) electrons. The van der Waals surface area contributed by atoms with Gasteiger partial charge in [0, 0.05) is 0 Å². The highest BCUT2D eigenvalue weighted by Crippen LogP contribution is 2.29. The van der Waals surface area contributed by atoms with Gasteiger partial charge in [-0.15, -0.1) is 0 Å². The highest BCUT2D eigenvalue weighted by Gasteiger charge is 2.29. The molecule has 0 aliphatic carbocycles. The molecule has 1 rings (SSSR count). The molecule has 0 fully saturated rings. The lowest BCUT2D eigenvalue weighted by atomic mass is 10.1. The van der Waals surface area contributed by atoms with Crippen molar-refractivity contribution in [3.63, 3.8) is 0 Å². The molecule has 0 aromatic heterocycles. The fourth-order valence-corrected chi connectivity index (χ4v) is 3.83. The Hall–Kier alpha value is -1.60. The summed E-state index contributed by atoms with van der Waals surface area (Å²) in [6.07, 6.45) is 0.210. The Morgan fingerprint density at radius 3 is 2.36 bits per heavy atom. The summed E-state index contributed by atoms with van der Waals surface area (Å²) in [5.41, 5.74) is 1.44. The van der Waals surface area contributed by atoms with Gasteiger partial charge in [0.15, 0.2) is 0 Å². The standard InChI is InChI=1S/C15H23NO5S/c1-9(2)6-12(15(17)18)16-22(19,20)13-8-10(3)7-11(4)14(13)21-5/h7-9,12,16H,6H2,1-5H3,(H,17,18)/t12-/m1/s1. The molecule has 0 unspecified atom stereocenters. The van der Waals surface area contributed by atoms with E-state index >= 15 is 0 Å². The SMILES string of the molecule is COc1c(C)cc(C)cc1S(=O)(=O)N[C@H](CC(C)C)C(=O)O. The molecule has 124 valence electrons. The van der Waals surface area contributed by atoms with Crippen molar-refractivity contribution in [2.45, 2.75) is 45.1 Å². The largest absolute Gasteiger partial charge is 0.495 e. The maximum absolute atomic E-state index is 12.6. The van der Waals surface area contributed by atoms with Gasteiger partial charge in [-0.1, -0.05) is 19.9 Å². The molecule has 0 spiro atoms. The number of methoxy groups -OCH3 is 1. The van der Waals surface area contributed by atoms with Gasteiger partial charge in [0.25, 0.3) is 0 Å². The lowest BCUT2D eigenvalue weighted by Gasteiger charge is -2.19. The van der Waals surface area contributed by atoms with Gasteiger partial charge >= 0.3 is 5.97 Å². The van der Waals surface area contributed by atoms with Crippen LogP contribution in [0, 0.1) is 19.8 Å². The zero-order valence-electron chi connectivity index (χ0n) is 13.5. The topological polar surface area (TPSA) is 92.7 Å². The van der Waals surface area contributed by atoms with Crippen LogP contribution in [0.25, 0.3) is 0 Å². The molecule has 22 heavy (non-hydrogen) atoms. The number of carboxylic acids is 1. The van der Waals surface area contributed by atoms with Crippen molar-refractivity contribution in [3.8, 4) is 5.75 Å². The number of carboxylic acid groups (broad SMARTS) is 1. The van der Waals surface area contributed by atoms with Crippen LogP contribution in [0.2, 0.25) is 0 Å². The second-order valence-corrected chi connectivity index (χ2v) is 7.44. The first kappa shape index (κ1) is 18.4. The number of benzene rings is 1. The first-order valence-electron chi connectivity index (χ1n) is 6.98. The number of rotatable bonds is 7. The van der Waals surface area contributed by atoms with Gasteiger partial charge < -0.3 is 9.84 Å². The maximum atomic E-state index is 12.6. The zero-order chi connectivity index (χ0) is 17.1. The molecule has 0 saturated heterocycles. The predicted molar refractivity (Wildman–Crippen MR) is 83.7 cm³/mol. The Morgan fingerprint density at radius 2 is 1.91 bits per heavy atom. The summed E-state index contributed by atoms with van der Waals surface area (Å²) in [6.45, 7) is 7.19. The summed E-state index contributed by atoms with van der Waals surface area (Å²) >= 11 is 0. The molecule has 0 aliphatic heterocycles. The van der Waals surface area contributed by atoms with E-state index in [4.69, 9.17) is 4.74 Å². The van der Waals surface area contributed by atoms with E-state index in [0.717, 1.165) is 5.56 Å². The van der Waals surface area contributed by atoms with Gasteiger partial charge in [0.2, 0.25) is 10.0 Å². The number of carbonyl (C=O) groups is 1. The minimum absolute atomic E-state index is 0.0393. The summed E-state index contributed by atoms with van der Waals surface area (Å²) in [5.74, 6) is -0.919. The molecule has 2 N–H and O–H groups in total. The summed E-state index contributed by atoms with van der Waals surface area (Å²) in [7, 11) is -2.61. The van der Waals surface area contributed by atoms with E-state index in [9.17, 15) is 18.3 Å². The third-order valence-electron chi connectivity index (χ3n) is 3.18. The summed E-state index contributed by atoms with van der Waals surface area (Å²) in [4.78, 5) is 11.2. The predicted octanol–water partition coefficient (Wildman–Crippen LogP) is 2.09. The van der Waals surface area contributed by atoms with Crippen molar-refractivity contribution in [1.29, 1.82) is 0 Å². The lowest BCUT2D eigenvalue weighted by Crippen LogP contribution is -2.41. The molecular weight excluding hydrogens is 306 g/mol. The summed E-state index contributed by atoms with van der Waals surface area (Å²) in [6, 6.07) is 2.11. The fraction of sp³-hybridized carbons (Fsp3) is 0.533. The minimum atomic E-state index is -3.99. The zero-order valence-corrected chi connectivity index (χ0v) is 14.3. The number of nitrogens with one attached hydrogen (secondary N) is 1. The molecule has 1 aromatic carbocycles. The van der Waals surface area contributed by atoms with E-state index in [2.05, 4.69) is 4.72 Å². The Bertz CT molecular complexity index is 652. The Morgan fingerprint density at radius 1 is 1.32 bits per heavy atom. The van der Waals surface area contributed by atoms with E-state index in [-0.39, 0.29) is 23.0 Å². The van der Waals surface area contributed by atoms with Crippen LogP contribution in [-0.2, 0) is 14.8 Å². The molecule has 1 aromatic rings. The molecule has 0 saturated carbocycles. The lowest BCUT2D eigenvalue weighted by molar-refractivity contribution is -0.139. The molecule has 0 bridgehead atoms. The van der Waals surface area contributed by atoms with Crippen molar-refractivity contribution in [1.82, 2.24) is 4.72 Å². The van der Waals surface area contributed by atoms with E-state index in [1.807, 2.05) is 13.8 Å². The van der Waals surface area contributed by atoms with Crippen molar-refractivity contribution in [3.05, 3.63) is 23.3 Å². The number of ether oxygens (including phenoxy) is 1. The Kier molecular flexibility index (Phi) is 5.96. The Labute approximate surface area is 131 Å². The average Bonchev–Trinajstić information content (AvgIpc) is 2.36. The third-order valence-corrected chi connectivity index (χ3v) is 4.66. The molecule has 7 heteroatoms. The molecule has 6 nitrogen and oxygen atoms in total. The van der Waals surface area contributed by atoms with Crippen LogP contribution in [0.1, 0.15) is 31.4 Å². The van der Waals surface area contributed by atoms with Gasteiger partial charge in [0.1, 0.15) is 16.7 Å². The summed E-state index contributed by atoms with van der Waals surface area (Å²) in [5, 5.41) is 9.21. The van der Waals surface area contributed by atoms with Crippen LogP contribution in [0.15, 0.2) is 17.0 Å². The summed E-state index contributed by atoms with van der Waals surface area (Å²) < 4.78 is 32.6. The number of aliphatic carboxylic acids is 1. The molecular formula is C15H23NO5S. The van der Waals surface area contributed by atoms with E-state index in [1.54, 1.807) is 19.9 Å². The van der Waals surface area contributed by atoms with E-state index in [1.165, 1.54) is 13.2 Å². The van der Waals surface area contributed by atoms with E-state index < -0.39 is 22.0 Å². The molecule has 0 amide bonds. The van der Waals surface area contributed by atoms with Gasteiger partial charge in [-0.2, -0.15) is 4.72 Å². The van der Waals surface area contributed by atoms with Crippen LogP contribution in [-0.4, -0.2) is 32.6 Å². The first-order chi connectivity index (χ1) is 10.1. The first-order valence-corrected chi connectivity index (χ1v) is 8.47. The fourth-order valence-electron chi connectivity index (χ4n) is 2.30. The molecule has 0 heterocycles. The highest BCUT2D eigenvalue weighted by atomic mass is 32.2. The van der Waals surface area contributed by atoms with Gasteiger partial charge in [-0.3, -0.25) is 4.79 Å². The van der Waals surface area contributed by atoms with E-state index in [0.29, 0.717) is 5.56 Å². The van der Waals surface area contributed by atoms with Gasteiger partial charge in [-0.25, -0.2) is 8.42 Å². The maximum Gasteiger partial charge on any atom is 0.321 e. The van der Waals surface area contributed by atoms with Gasteiger partial charge in [0.05, 0.1) is 7.11 Å². The number of sulfonamides is 1. The van der Waals surface area contributed by atoms with Gasteiger partial charge in [-0.05, 0) is 43.4 Å². The van der Waals surface area contributed by atoms with Crippen molar-refractivity contribution in [2.75, 3.05) is 7.11 Å². The smallest absolute Gasteiger partial charge is 0.321 e. The third kappa shape index (κ3) is 4.45. The highest BCUT2D eigenvalue weighted by molar-refractivity contribution is 7.89. The van der Waals surface area contributed by atoms with Crippen LogP contribution in [0.4, 0.5) is 0 Å². The van der Waals surface area contributed by atoms with Crippen LogP contribution in [0.3, 0.4) is 0 Å². The number of hydrogen-bond acceptors (Lipinski definition) is 4.